The van der Waals surface area contributed by atoms with E-state index in [-0.39, 0.29) is 17.9 Å². The van der Waals surface area contributed by atoms with E-state index in [1.807, 2.05) is 24.3 Å². The van der Waals surface area contributed by atoms with Crippen molar-refractivity contribution in [3.63, 3.8) is 0 Å². The molecule has 9 heteroatoms. The molecule has 1 fully saturated rings. The van der Waals surface area contributed by atoms with Crippen molar-refractivity contribution in [1.82, 2.24) is 9.80 Å². The highest BCUT2D eigenvalue weighted by Gasteiger charge is 2.34. The highest BCUT2D eigenvalue weighted by molar-refractivity contribution is 5.40. The molecule has 2 heterocycles. The number of fused-ring (bicyclic) bond motifs is 1. The fourth-order valence-corrected chi connectivity index (χ4v) is 4.71. The van der Waals surface area contributed by atoms with E-state index < -0.39 is 12.5 Å². The quantitative estimate of drug-likeness (QED) is 0.474. The summed E-state index contributed by atoms with van der Waals surface area (Å²) in [6, 6.07) is 13.9. The minimum absolute atomic E-state index is 0.134. The zero-order valence-electron chi connectivity index (χ0n) is 19.7. The monoisotopic (exact) mass is 492 g/mol. The van der Waals surface area contributed by atoms with Gasteiger partial charge in [0, 0.05) is 44.8 Å². The molecule has 2 aromatic rings. The molecular formula is C26H31F3N2O4. The van der Waals surface area contributed by atoms with E-state index in [2.05, 4.69) is 21.1 Å². The van der Waals surface area contributed by atoms with Gasteiger partial charge in [-0.1, -0.05) is 36.4 Å². The molecule has 2 aliphatic rings. The number of hydrogen-bond acceptors (Lipinski definition) is 6. The first-order chi connectivity index (χ1) is 16.9. The van der Waals surface area contributed by atoms with E-state index >= 15 is 0 Å². The largest absolute Gasteiger partial charge is 0.573 e. The van der Waals surface area contributed by atoms with Gasteiger partial charge in [0.05, 0.1) is 6.10 Å². The van der Waals surface area contributed by atoms with Crippen LogP contribution in [0.4, 0.5) is 13.2 Å². The van der Waals surface area contributed by atoms with Crippen molar-refractivity contribution < 1.29 is 32.1 Å². The van der Waals surface area contributed by atoms with Crippen molar-refractivity contribution in [3.05, 3.63) is 66.7 Å². The van der Waals surface area contributed by atoms with Crippen LogP contribution in [0.2, 0.25) is 0 Å². The Morgan fingerprint density at radius 1 is 1.06 bits per heavy atom. The number of piperazine rings is 1. The maximum absolute atomic E-state index is 13.0. The fourth-order valence-electron chi connectivity index (χ4n) is 4.71. The molecule has 0 bridgehead atoms. The Bertz CT molecular complexity index is 979. The van der Waals surface area contributed by atoms with Gasteiger partial charge in [-0.05, 0) is 31.2 Å². The molecule has 4 rings (SSSR count). The molecule has 0 aliphatic carbocycles. The van der Waals surface area contributed by atoms with Gasteiger partial charge in [0.15, 0.2) is 17.7 Å². The summed E-state index contributed by atoms with van der Waals surface area (Å²) in [5.74, 6) is 0.982. The topological polar surface area (TPSA) is 43.4 Å². The van der Waals surface area contributed by atoms with Crippen molar-refractivity contribution in [2.75, 3.05) is 46.4 Å². The second-order valence-electron chi connectivity index (χ2n) is 8.62. The van der Waals surface area contributed by atoms with Crippen molar-refractivity contribution in [1.29, 1.82) is 0 Å². The smallest absolute Gasteiger partial charge is 0.484 e. The molecule has 2 aliphatic heterocycles. The Morgan fingerprint density at radius 3 is 2.43 bits per heavy atom. The van der Waals surface area contributed by atoms with Gasteiger partial charge in [0.2, 0.25) is 0 Å². The van der Waals surface area contributed by atoms with E-state index in [1.54, 1.807) is 18.2 Å². The van der Waals surface area contributed by atoms with Crippen LogP contribution >= 0.6 is 0 Å². The molecule has 3 atom stereocenters. The second-order valence-corrected chi connectivity index (χ2v) is 8.62. The molecule has 0 amide bonds. The van der Waals surface area contributed by atoms with E-state index in [0.29, 0.717) is 25.1 Å². The zero-order valence-corrected chi connectivity index (χ0v) is 19.7. The first-order valence-electron chi connectivity index (χ1n) is 11.7. The average molecular weight is 493 g/mol. The van der Waals surface area contributed by atoms with E-state index in [4.69, 9.17) is 14.2 Å². The molecule has 1 saturated heterocycles. The minimum atomic E-state index is -4.76. The van der Waals surface area contributed by atoms with Crippen LogP contribution in [-0.2, 0) is 4.74 Å². The summed E-state index contributed by atoms with van der Waals surface area (Å²) in [7, 11) is 1.54. The molecule has 0 spiro atoms. The van der Waals surface area contributed by atoms with E-state index in [1.165, 1.54) is 19.2 Å². The lowest BCUT2D eigenvalue weighted by Gasteiger charge is -2.40. The van der Waals surface area contributed by atoms with Crippen molar-refractivity contribution in [2.45, 2.75) is 31.0 Å². The second kappa shape index (κ2) is 11.3. The van der Waals surface area contributed by atoms with Crippen molar-refractivity contribution >= 4 is 0 Å². The van der Waals surface area contributed by atoms with Gasteiger partial charge in [-0.3, -0.25) is 4.90 Å². The van der Waals surface area contributed by atoms with Crippen LogP contribution in [0, 0.1) is 0 Å². The van der Waals surface area contributed by atoms with Crippen LogP contribution < -0.4 is 14.2 Å². The molecule has 35 heavy (non-hydrogen) atoms. The maximum atomic E-state index is 13.0. The first kappa shape index (κ1) is 25.3. The average Bonchev–Trinajstić information content (AvgIpc) is 2.86. The summed E-state index contributed by atoms with van der Waals surface area (Å²) in [5.41, 5.74) is 0.460. The normalized spacial score (nSPS) is 20.7. The molecule has 3 unspecified atom stereocenters. The lowest BCUT2D eigenvalue weighted by Crippen LogP contribution is -2.54. The number of hydrogen-bond donors (Lipinski definition) is 0. The Labute approximate surface area is 203 Å². The molecule has 0 radical (unpaired) electrons. The number of para-hydroxylation sites is 3. The van der Waals surface area contributed by atoms with Gasteiger partial charge >= 0.3 is 6.36 Å². The molecule has 190 valence electrons. The van der Waals surface area contributed by atoms with Gasteiger partial charge in [-0.15, -0.1) is 19.8 Å². The van der Waals surface area contributed by atoms with Gasteiger partial charge in [0.25, 0.3) is 0 Å². The SMILES string of the molecule is C=CC(OC)C(CCN1CCN(C2COc3ccccc3O2)CC1)c1ccccc1OC(F)(F)F. The number of methoxy groups -OCH3 is 1. The molecule has 0 saturated carbocycles. The predicted octanol–water partition coefficient (Wildman–Crippen LogP) is 4.68. The Balaban J connectivity index is 1.36. The van der Waals surface area contributed by atoms with Crippen LogP contribution in [-0.4, -0.2) is 74.9 Å². The molecule has 2 aromatic carbocycles. The van der Waals surface area contributed by atoms with Gasteiger partial charge in [0.1, 0.15) is 12.4 Å². The highest BCUT2D eigenvalue weighted by atomic mass is 19.4. The summed E-state index contributed by atoms with van der Waals surface area (Å²) in [6.45, 7) is 8.26. The number of ether oxygens (including phenoxy) is 4. The maximum Gasteiger partial charge on any atom is 0.573 e. The minimum Gasteiger partial charge on any atom is -0.484 e. The number of benzene rings is 2. The van der Waals surface area contributed by atoms with E-state index in [9.17, 15) is 13.2 Å². The van der Waals surface area contributed by atoms with Crippen LogP contribution in [0.15, 0.2) is 61.2 Å². The zero-order chi connectivity index (χ0) is 24.8. The van der Waals surface area contributed by atoms with Gasteiger partial charge < -0.3 is 23.8 Å². The lowest BCUT2D eigenvalue weighted by atomic mass is 9.89. The third-order valence-corrected chi connectivity index (χ3v) is 6.51. The molecular weight excluding hydrogens is 461 g/mol. The van der Waals surface area contributed by atoms with Crippen LogP contribution in [0.1, 0.15) is 17.9 Å². The van der Waals surface area contributed by atoms with Crippen LogP contribution in [0.25, 0.3) is 0 Å². The van der Waals surface area contributed by atoms with Crippen LogP contribution in [0.3, 0.4) is 0 Å². The van der Waals surface area contributed by atoms with Crippen molar-refractivity contribution in [3.8, 4) is 17.2 Å². The number of nitrogens with zero attached hydrogens (tertiary/aromatic N) is 2. The van der Waals surface area contributed by atoms with Gasteiger partial charge in [-0.25, -0.2) is 0 Å². The highest BCUT2D eigenvalue weighted by Crippen LogP contribution is 2.36. The molecule has 0 N–H and O–H groups in total. The van der Waals surface area contributed by atoms with Crippen LogP contribution in [0.5, 0.6) is 17.2 Å². The summed E-state index contributed by atoms with van der Waals surface area (Å²) < 4.78 is 60.8. The summed E-state index contributed by atoms with van der Waals surface area (Å²) >= 11 is 0. The summed E-state index contributed by atoms with van der Waals surface area (Å²) in [6.07, 6.45) is -3.12. The molecule has 0 aromatic heterocycles. The molecule has 6 nitrogen and oxygen atoms in total. The first-order valence-corrected chi connectivity index (χ1v) is 11.7. The van der Waals surface area contributed by atoms with Gasteiger partial charge in [-0.2, -0.15) is 0 Å². The number of alkyl halides is 3. The number of rotatable bonds is 9. The Morgan fingerprint density at radius 2 is 1.74 bits per heavy atom. The standard InChI is InChI=1S/C26H31F3N2O4/c1-3-21(32-2)20(19-8-4-5-9-22(19)35-26(27,28)29)12-13-30-14-16-31(17-15-30)25-18-33-23-10-6-7-11-24(23)34-25/h3-11,20-21,25H,1,12-18H2,2H3. The van der Waals surface area contributed by atoms with Crippen molar-refractivity contribution in [2.24, 2.45) is 0 Å². The third-order valence-electron chi connectivity index (χ3n) is 6.51. The predicted molar refractivity (Wildman–Crippen MR) is 126 cm³/mol. The Hall–Kier alpha value is -2.75. The Kier molecular flexibility index (Phi) is 8.20. The number of halogens is 3. The summed E-state index contributed by atoms with van der Waals surface area (Å²) in [5, 5.41) is 0. The third kappa shape index (κ3) is 6.48. The summed E-state index contributed by atoms with van der Waals surface area (Å²) in [4.78, 5) is 4.57. The lowest BCUT2D eigenvalue weighted by molar-refractivity contribution is -0.275. The van der Waals surface area contributed by atoms with E-state index in [0.717, 1.165) is 37.7 Å². The fraction of sp³-hybridized carbons (Fsp3) is 0.462.